The van der Waals surface area contributed by atoms with Gasteiger partial charge in [-0.05, 0) is 67.6 Å². The van der Waals surface area contributed by atoms with Crippen LogP contribution in [0.5, 0.6) is 11.5 Å². The van der Waals surface area contributed by atoms with E-state index in [0.29, 0.717) is 34.4 Å². The summed E-state index contributed by atoms with van der Waals surface area (Å²) >= 11 is 0. The van der Waals surface area contributed by atoms with E-state index in [4.69, 9.17) is 14.2 Å². The lowest BCUT2D eigenvalue weighted by Crippen LogP contribution is -2.44. The number of hydrogen-bond acceptors (Lipinski definition) is 6. The normalized spacial score (nSPS) is 14.7. The van der Waals surface area contributed by atoms with Gasteiger partial charge >= 0.3 is 11.9 Å². The summed E-state index contributed by atoms with van der Waals surface area (Å²) in [6.45, 7) is 2.38. The molecule has 0 bridgehead atoms. The zero-order valence-corrected chi connectivity index (χ0v) is 24.5. The molecule has 0 saturated heterocycles. The van der Waals surface area contributed by atoms with E-state index in [1.165, 1.54) is 7.85 Å². The van der Waals surface area contributed by atoms with E-state index >= 15 is 0 Å². The molecule has 0 spiro atoms. The first-order chi connectivity index (χ1) is 20.2. The zero-order chi connectivity index (χ0) is 32.0. The average Bonchev–Trinajstić information content (AvgIpc) is 2.96. The van der Waals surface area contributed by atoms with Gasteiger partial charge in [0, 0.05) is 6.42 Å². The molecule has 0 saturated carbocycles. The molecule has 3 rings (SSSR count). The summed E-state index contributed by atoms with van der Waals surface area (Å²) in [6.07, 6.45) is 3.36. The van der Waals surface area contributed by atoms with Crippen LogP contribution in [0.3, 0.4) is 0 Å². The molecule has 0 heterocycles. The average molecular weight is 605 g/mol. The molecule has 43 heavy (non-hydrogen) atoms. The number of nitrogens with zero attached hydrogens (tertiary/aromatic N) is 1. The Morgan fingerprint density at radius 3 is 2.00 bits per heavy atom. The molecule has 1 aliphatic rings. The van der Waals surface area contributed by atoms with Crippen molar-refractivity contribution >= 4 is 44.5 Å². The molecule has 1 unspecified atom stereocenters. The van der Waals surface area contributed by atoms with Gasteiger partial charge in [-0.1, -0.05) is 12.3 Å². The lowest BCUT2D eigenvalue weighted by atomic mass is 9.87. The van der Waals surface area contributed by atoms with Crippen molar-refractivity contribution in [1.82, 2.24) is 4.90 Å². The van der Waals surface area contributed by atoms with Crippen molar-refractivity contribution in [2.45, 2.75) is 59.0 Å². The number of halogens is 5. The zero-order valence-electron chi connectivity index (χ0n) is 24.5. The van der Waals surface area contributed by atoms with Crippen molar-refractivity contribution in [3.8, 4) is 23.3 Å². The Labute approximate surface area is 247 Å². The van der Waals surface area contributed by atoms with Gasteiger partial charge in [0.25, 0.3) is 0 Å². The van der Waals surface area contributed by atoms with Crippen molar-refractivity contribution in [3.63, 3.8) is 0 Å². The Morgan fingerprint density at radius 2 is 1.35 bits per heavy atom. The fraction of sp³-hybridized carbons (Fsp3) is 0.414. The second-order valence-corrected chi connectivity index (χ2v) is 10.3. The van der Waals surface area contributed by atoms with E-state index in [9.17, 15) is 36.3 Å². The third-order valence-electron chi connectivity index (χ3n) is 7.28. The highest BCUT2D eigenvalue weighted by atomic mass is 19.2. The topological polar surface area (TPSA) is 82.1 Å². The molecule has 1 amide bonds. The number of benzene rings is 2. The van der Waals surface area contributed by atoms with Crippen molar-refractivity contribution in [2.24, 2.45) is 0 Å². The Hall–Kier alpha value is -3.85. The maximum atomic E-state index is 14.7. The quantitative estimate of drug-likeness (QED) is 0.0821. The van der Waals surface area contributed by atoms with Gasteiger partial charge in [0.15, 0.2) is 17.4 Å². The summed E-state index contributed by atoms with van der Waals surface area (Å²) < 4.78 is 86.0. The van der Waals surface area contributed by atoms with E-state index in [1.807, 2.05) is 0 Å². The van der Waals surface area contributed by atoms with E-state index in [2.05, 4.69) is 11.8 Å². The largest absolute Gasteiger partial charge is 0.425 e. The first kappa shape index (κ1) is 33.6. The predicted molar refractivity (Wildman–Crippen MR) is 152 cm³/mol. The van der Waals surface area contributed by atoms with Crippen LogP contribution in [0.4, 0.5) is 22.0 Å². The van der Waals surface area contributed by atoms with Crippen molar-refractivity contribution in [2.75, 3.05) is 19.7 Å². The molecule has 1 aliphatic carbocycles. The summed E-state index contributed by atoms with van der Waals surface area (Å²) in [7, 11) is 2.28. The Balaban J connectivity index is 1.83. The van der Waals surface area contributed by atoms with Crippen LogP contribution < -0.4 is 20.4 Å². The van der Waals surface area contributed by atoms with Crippen LogP contribution in [0.15, 0.2) is 0 Å². The van der Waals surface area contributed by atoms with Crippen LogP contribution in [0.1, 0.15) is 48.8 Å². The van der Waals surface area contributed by atoms with Gasteiger partial charge in [-0.25, -0.2) is 27.2 Å². The number of esters is 2. The van der Waals surface area contributed by atoms with Crippen molar-refractivity contribution < 1.29 is 50.5 Å². The number of carbonyl (C=O) groups excluding carboxylic acids is 3. The van der Waals surface area contributed by atoms with E-state index in [-0.39, 0.29) is 11.2 Å². The minimum absolute atomic E-state index is 0.0587. The molecule has 0 N–H and O–H groups in total. The third-order valence-corrected chi connectivity index (χ3v) is 7.28. The molecule has 7 nitrogen and oxygen atoms in total. The van der Waals surface area contributed by atoms with E-state index < -0.39 is 83.9 Å². The number of carbonyl (C=O) groups is 3. The molecule has 0 fully saturated rings. The molecule has 228 valence electrons. The van der Waals surface area contributed by atoms with Crippen LogP contribution >= 0.6 is 0 Å². The third kappa shape index (κ3) is 7.96. The summed E-state index contributed by atoms with van der Waals surface area (Å²) in [5.41, 5.74) is 0.645. The molecule has 14 heteroatoms. The highest BCUT2D eigenvalue weighted by Crippen LogP contribution is 2.25. The number of hydrogen-bond donors (Lipinski definition) is 0. The first-order valence-electron chi connectivity index (χ1n) is 13.6. The van der Waals surface area contributed by atoms with E-state index in [0.717, 1.165) is 27.1 Å². The lowest BCUT2D eigenvalue weighted by molar-refractivity contribution is -0.150. The lowest BCUT2D eigenvalue weighted by Gasteiger charge is -2.23. The standard InChI is InChI=1S/C29H30B2F5NO6/c1-14-15(2)23(32)21(30)28(16(14)3)42-19(39)11-37(18(38)13-41-17-9-7-5-4-6-8-10-17)12-20(40)43-29-22(31)24(33)25(34)26(35)27(29)36/h17H,4-7,9,11-13,30-31H2,1-3H3. The van der Waals surface area contributed by atoms with Crippen LogP contribution in [-0.2, 0) is 19.1 Å². The van der Waals surface area contributed by atoms with Crippen molar-refractivity contribution in [3.05, 3.63) is 45.8 Å². The van der Waals surface area contributed by atoms with Crippen LogP contribution in [-0.4, -0.2) is 64.2 Å². The smallest absolute Gasteiger partial charge is 0.331 e. The van der Waals surface area contributed by atoms with Gasteiger partial charge in [0.05, 0.1) is 0 Å². The minimum atomic E-state index is -2.19. The highest BCUT2D eigenvalue weighted by molar-refractivity contribution is 6.35. The molecular weight excluding hydrogens is 575 g/mol. The predicted octanol–water partition coefficient (Wildman–Crippen LogP) is 1.52. The monoisotopic (exact) mass is 605 g/mol. The van der Waals surface area contributed by atoms with Gasteiger partial charge in [-0.2, -0.15) is 4.39 Å². The molecule has 2 aromatic rings. The maximum absolute atomic E-state index is 14.7. The molecule has 2 aromatic carbocycles. The molecule has 0 aliphatic heterocycles. The molecular formula is C29H30B2F5NO6. The Morgan fingerprint density at radius 1 is 0.767 bits per heavy atom. The van der Waals surface area contributed by atoms with Gasteiger partial charge in [-0.3, -0.25) is 4.79 Å². The summed E-state index contributed by atoms with van der Waals surface area (Å²) in [5, 5.41) is 0. The van der Waals surface area contributed by atoms with Crippen LogP contribution in [0.25, 0.3) is 0 Å². The fourth-order valence-corrected chi connectivity index (χ4v) is 4.48. The second-order valence-electron chi connectivity index (χ2n) is 10.3. The number of amides is 1. The van der Waals surface area contributed by atoms with E-state index in [1.54, 1.807) is 20.8 Å². The molecule has 0 aromatic heterocycles. The minimum Gasteiger partial charge on any atom is -0.425 e. The van der Waals surface area contributed by atoms with Crippen LogP contribution in [0, 0.1) is 61.7 Å². The Bertz CT molecular complexity index is 1360. The number of ether oxygens (including phenoxy) is 3. The fourth-order valence-electron chi connectivity index (χ4n) is 4.48. The van der Waals surface area contributed by atoms with Crippen molar-refractivity contribution in [1.29, 1.82) is 0 Å². The summed E-state index contributed by atoms with van der Waals surface area (Å²) in [5.74, 6) is -7.31. The van der Waals surface area contributed by atoms with Crippen LogP contribution in [0.2, 0.25) is 0 Å². The molecule has 1 atom stereocenters. The SMILES string of the molecule is Bc1c(F)c(C)c(C)c(C)c1OC(=O)CN(CC(=O)Oc1c(B)c(F)c(F)c(F)c1F)C(=O)COC1C#CCCCCC1. The van der Waals surface area contributed by atoms with Gasteiger partial charge in [-0.15, -0.1) is 5.92 Å². The molecule has 0 radical (unpaired) electrons. The second kappa shape index (κ2) is 14.6. The van der Waals surface area contributed by atoms with Gasteiger partial charge < -0.3 is 19.1 Å². The van der Waals surface area contributed by atoms with Gasteiger partial charge in [0.1, 0.15) is 53.1 Å². The number of rotatable bonds is 9. The summed E-state index contributed by atoms with van der Waals surface area (Å²) in [6, 6.07) is 0. The first-order valence-corrected chi connectivity index (χ1v) is 13.6. The highest BCUT2D eigenvalue weighted by Gasteiger charge is 2.29. The maximum Gasteiger partial charge on any atom is 0.331 e. The van der Waals surface area contributed by atoms with Gasteiger partial charge in [0.2, 0.25) is 17.5 Å². The summed E-state index contributed by atoms with van der Waals surface area (Å²) in [4.78, 5) is 39.5. The Kier molecular flexibility index (Phi) is 11.4.